The van der Waals surface area contributed by atoms with E-state index in [4.69, 9.17) is 0 Å². The summed E-state index contributed by atoms with van der Waals surface area (Å²) in [5.41, 5.74) is -0.309. The van der Waals surface area contributed by atoms with E-state index in [9.17, 15) is 19.2 Å². The van der Waals surface area contributed by atoms with E-state index in [1.165, 1.54) is 28.8 Å². The Kier molecular flexibility index (Phi) is 4.47. The van der Waals surface area contributed by atoms with Crippen molar-refractivity contribution in [2.75, 3.05) is 18.0 Å². The molecule has 0 unspecified atom stereocenters. The van der Waals surface area contributed by atoms with Crippen LogP contribution in [-0.2, 0) is 6.54 Å². The average molecular weight is 328 g/mol. The van der Waals surface area contributed by atoms with Crippen molar-refractivity contribution in [3.8, 4) is 6.07 Å². The first kappa shape index (κ1) is 16.0. The van der Waals surface area contributed by atoms with Gasteiger partial charge < -0.3 is 4.90 Å². The highest BCUT2D eigenvalue weighted by atomic mass is 19.1. The van der Waals surface area contributed by atoms with Gasteiger partial charge in [0.05, 0.1) is 18.2 Å². The molecular formula is C17H17FN4O2. The molecule has 1 aliphatic rings. The first-order valence-electron chi connectivity index (χ1n) is 7.86. The lowest BCUT2D eigenvalue weighted by Crippen LogP contribution is -2.39. The predicted octanol–water partition coefficient (Wildman–Crippen LogP) is 1.59. The second-order valence-corrected chi connectivity index (χ2v) is 5.84. The third-order valence-electron chi connectivity index (χ3n) is 4.21. The molecule has 7 heteroatoms. The smallest absolute Gasteiger partial charge is 0.330 e. The lowest BCUT2D eigenvalue weighted by atomic mass is 10.1. The van der Waals surface area contributed by atoms with Gasteiger partial charge in [0.25, 0.3) is 5.56 Å². The zero-order chi connectivity index (χ0) is 17.1. The molecule has 0 spiro atoms. The molecule has 6 nitrogen and oxygen atoms in total. The number of hydrogen-bond donors (Lipinski definition) is 1. The third kappa shape index (κ3) is 3.23. The Hall–Kier alpha value is -2.88. The van der Waals surface area contributed by atoms with Crippen molar-refractivity contribution in [2.24, 2.45) is 0 Å². The molecule has 0 aliphatic carbocycles. The summed E-state index contributed by atoms with van der Waals surface area (Å²) in [4.78, 5) is 28.3. The van der Waals surface area contributed by atoms with Gasteiger partial charge in [0.2, 0.25) is 0 Å². The maximum absolute atomic E-state index is 13.5. The standard InChI is InChI=1S/C17H17FN4O2/c18-14-5-4-12(10-19)13(8-14)11-22-16(9-15(23)20-17(22)24)21-6-2-1-3-7-21/h4-5,8-9H,1-3,6-7,11H2,(H,20,23,24). The number of H-pyrrole nitrogens is 1. The molecule has 0 atom stereocenters. The topological polar surface area (TPSA) is 81.9 Å². The fourth-order valence-corrected chi connectivity index (χ4v) is 3.02. The van der Waals surface area contributed by atoms with Gasteiger partial charge in [-0.15, -0.1) is 0 Å². The number of piperidine rings is 1. The molecular weight excluding hydrogens is 311 g/mol. The van der Waals surface area contributed by atoms with Gasteiger partial charge in [0, 0.05) is 19.2 Å². The second kappa shape index (κ2) is 6.71. The van der Waals surface area contributed by atoms with E-state index in [1.54, 1.807) is 0 Å². The summed E-state index contributed by atoms with van der Waals surface area (Å²) in [5, 5.41) is 9.19. The van der Waals surface area contributed by atoms with Crippen molar-refractivity contribution in [2.45, 2.75) is 25.8 Å². The van der Waals surface area contributed by atoms with Crippen LogP contribution in [0, 0.1) is 17.1 Å². The van der Waals surface area contributed by atoms with Gasteiger partial charge >= 0.3 is 5.69 Å². The molecule has 0 saturated carbocycles. The first-order valence-corrected chi connectivity index (χ1v) is 7.86. The number of hydrogen-bond acceptors (Lipinski definition) is 4. The van der Waals surface area contributed by atoms with Gasteiger partial charge in [0.15, 0.2) is 0 Å². The zero-order valence-corrected chi connectivity index (χ0v) is 13.1. The summed E-state index contributed by atoms with van der Waals surface area (Å²) in [6.45, 7) is 1.55. The molecule has 3 rings (SSSR count). The van der Waals surface area contributed by atoms with E-state index in [2.05, 4.69) is 4.98 Å². The van der Waals surface area contributed by atoms with Crippen molar-refractivity contribution in [1.29, 1.82) is 5.26 Å². The Balaban J connectivity index is 2.08. The van der Waals surface area contributed by atoms with E-state index in [1.807, 2.05) is 11.0 Å². The Morgan fingerprint density at radius 2 is 1.92 bits per heavy atom. The van der Waals surface area contributed by atoms with Gasteiger partial charge in [-0.05, 0) is 43.0 Å². The Bertz CT molecular complexity index is 904. The molecule has 1 saturated heterocycles. The van der Waals surface area contributed by atoms with E-state index >= 15 is 0 Å². The van der Waals surface area contributed by atoms with Crippen LogP contribution in [0.25, 0.3) is 0 Å². The molecule has 2 heterocycles. The number of anilines is 1. The van der Waals surface area contributed by atoms with Gasteiger partial charge in [-0.1, -0.05) is 0 Å². The van der Waals surface area contributed by atoms with Gasteiger partial charge in [-0.2, -0.15) is 5.26 Å². The molecule has 0 bridgehead atoms. The highest BCUT2D eigenvalue weighted by Crippen LogP contribution is 2.19. The van der Waals surface area contributed by atoms with Crippen LogP contribution in [0.5, 0.6) is 0 Å². The molecule has 1 N–H and O–H groups in total. The minimum Gasteiger partial charge on any atom is -0.358 e. The van der Waals surface area contributed by atoms with Crippen molar-refractivity contribution < 1.29 is 4.39 Å². The third-order valence-corrected chi connectivity index (χ3v) is 4.21. The first-order chi connectivity index (χ1) is 11.6. The number of rotatable bonds is 3. The van der Waals surface area contributed by atoms with Crippen molar-refractivity contribution in [1.82, 2.24) is 9.55 Å². The summed E-state index contributed by atoms with van der Waals surface area (Å²) < 4.78 is 14.9. The van der Waals surface area contributed by atoms with Gasteiger partial charge in [-0.25, -0.2) is 9.18 Å². The lowest BCUT2D eigenvalue weighted by Gasteiger charge is -2.30. The maximum Gasteiger partial charge on any atom is 0.330 e. The average Bonchev–Trinajstić information content (AvgIpc) is 2.58. The summed E-state index contributed by atoms with van der Waals surface area (Å²) in [6, 6.07) is 7.24. The summed E-state index contributed by atoms with van der Waals surface area (Å²) in [7, 11) is 0. The molecule has 1 aromatic heterocycles. The number of benzene rings is 1. The molecule has 124 valence electrons. The van der Waals surface area contributed by atoms with Crippen molar-refractivity contribution in [3.05, 3.63) is 62.0 Å². The van der Waals surface area contributed by atoms with Crippen LogP contribution in [0.1, 0.15) is 30.4 Å². The highest BCUT2D eigenvalue weighted by Gasteiger charge is 2.17. The number of halogens is 1. The Morgan fingerprint density at radius 3 is 2.62 bits per heavy atom. The number of nitrogens with one attached hydrogen (secondary N) is 1. The van der Waals surface area contributed by atoms with Crippen LogP contribution in [0.2, 0.25) is 0 Å². The Morgan fingerprint density at radius 1 is 1.17 bits per heavy atom. The summed E-state index contributed by atoms with van der Waals surface area (Å²) >= 11 is 0. The van der Waals surface area contributed by atoms with Crippen LogP contribution in [0.4, 0.5) is 10.2 Å². The van der Waals surface area contributed by atoms with E-state index in [0.717, 1.165) is 32.4 Å². The normalized spacial score (nSPS) is 14.4. The fraction of sp³-hybridized carbons (Fsp3) is 0.353. The van der Waals surface area contributed by atoms with E-state index in [-0.39, 0.29) is 6.54 Å². The fourth-order valence-electron chi connectivity index (χ4n) is 3.02. The number of nitrogens with zero attached hydrogens (tertiary/aromatic N) is 3. The SMILES string of the molecule is N#Cc1ccc(F)cc1Cn1c(N2CCCCC2)cc(=O)[nH]c1=O. The molecule has 1 fully saturated rings. The van der Waals surface area contributed by atoms with Crippen LogP contribution in [0.3, 0.4) is 0 Å². The minimum atomic E-state index is -0.559. The molecule has 0 amide bonds. The van der Waals surface area contributed by atoms with Gasteiger partial charge in [-0.3, -0.25) is 14.3 Å². The lowest BCUT2D eigenvalue weighted by molar-refractivity contribution is 0.555. The summed E-state index contributed by atoms with van der Waals surface area (Å²) in [5.74, 6) is 0.0394. The van der Waals surface area contributed by atoms with E-state index < -0.39 is 17.1 Å². The molecule has 0 radical (unpaired) electrons. The van der Waals surface area contributed by atoms with Crippen LogP contribution in [-0.4, -0.2) is 22.6 Å². The van der Waals surface area contributed by atoms with Gasteiger partial charge in [0.1, 0.15) is 11.6 Å². The maximum atomic E-state index is 13.5. The number of nitriles is 1. The monoisotopic (exact) mass is 328 g/mol. The van der Waals surface area contributed by atoms with Crippen molar-refractivity contribution in [3.63, 3.8) is 0 Å². The molecule has 24 heavy (non-hydrogen) atoms. The summed E-state index contributed by atoms with van der Waals surface area (Å²) in [6.07, 6.45) is 3.10. The number of aromatic nitrogens is 2. The molecule has 2 aromatic rings. The second-order valence-electron chi connectivity index (χ2n) is 5.84. The number of aromatic amines is 1. The Labute approximate surface area is 137 Å². The largest absolute Gasteiger partial charge is 0.358 e. The van der Waals surface area contributed by atoms with Crippen LogP contribution >= 0.6 is 0 Å². The molecule has 1 aliphatic heterocycles. The predicted molar refractivity (Wildman–Crippen MR) is 87.6 cm³/mol. The zero-order valence-electron chi connectivity index (χ0n) is 13.1. The quantitative estimate of drug-likeness (QED) is 0.927. The van der Waals surface area contributed by atoms with E-state index in [0.29, 0.717) is 16.9 Å². The van der Waals surface area contributed by atoms with Crippen LogP contribution < -0.4 is 16.1 Å². The van der Waals surface area contributed by atoms with Crippen molar-refractivity contribution >= 4 is 5.82 Å². The highest BCUT2D eigenvalue weighted by molar-refractivity contribution is 5.42. The van der Waals surface area contributed by atoms with Crippen LogP contribution in [0.15, 0.2) is 33.9 Å². The minimum absolute atomic E-state index is 0.0299. The molecule has 1 aromatic carbocycles.